The summed E-state index contributed by atoms with van der Waals surface area (Å²) in [5.41, 5.74) is -0.0633. The molecule has 0 aromatic carbocycles. The Labute approximate surface area is 157 Å². The highest BCUT2D eigenvalue weighted by atomic mass is 16.3. The van der Waals surface area contributed by atoms with E-state index in [-0.39, 0.29) is 16.7 Å². The largest absolute Gasteiger partial charge is 0.392 e. The zero-order valence-corrected chi connectivity index (χ0v) is 16.1. The molecule has 0 amide bonds. The van der Waals surface area contributed by atoms with Crippen LogP contribution in [0.15, 0.2) is 9.59 Å². The summed E-state index contributed by atoms with van der Waals surface area (Å²) in [7, 11) is 0. The first-order valence-corrected chi connectivity index (χ1v) is 10.4. The molecule has 4 saturated carbocycles. The van der Waals surface area contributed by atoms with Crippen LogP contribution < -0.4 is 11.2 Å². The number of rotatable bonds is 5. The van der Waals surface area contributed by atoms with Crippen LogP contribution in [0.4, 0.5) is 0 Å². The molecular formula is C20H28N4O3. The van der Waals surface area contributed by atoms with Crippen LogP contribution in [0.5, 0.6) is 0 Å². The van der Waals surface area contributed by atoms with E-state index in [1.165, 1.54) is 4.57 Å². The minimum absolute atomic E-state index is 0.275. The van der Waals surface area contributed by atoms with Gasteiger partial charge in [-0.15, -0.1) is 0 Å². The van der Waals surface area contributed by atoms with E-state index < -0.39 is 6.10 Å². The molecule has 2 heterocycles. The summed E-state index contributed by atoms with van der Waals surface area (Å²) in [6, 6.07) is 0. The van der Waals surface area contributed by atoms with Crippen molar-refractivity contribution in [2.24, 2.45) is 17.8 Å². The highest BCUT2D eigenvalue weighted by molar-refractivity contribution is 5.70. The second-order valence-electron chi connectivity index (χ2n) is 8.94. The van der Waals surface area contributed by atoms with Gasteiger partial charge in [-0.05, 0) is 56.3 Å². The Morgan fingerprint density at radius 1 is 1.07 bits per heavy atom. The van der Waals surface area contributed by atoms with Crippen LogP contribution in [-0.2, 0) is 18.5 Å². The molecule has 6 rings (SSSR count). The van der Waals surface area contributed by atoms with Crippen LogP contribution in [0.1, 0.15) is 58.2 Å². The molecule has 4 aliphatic carbocycles. The molecule has 0 spiro atoms. The van der Waals surface area contributed by atoms with Crippen molar-refractivity contribution in [3.8, 4) is 0 Å². The SMILES string of the molecule is CCCn1c(=O)c2[nH]c(C34CC5CC(CC5C3)C4O)nc2n(CCC)c1=O. The van der Waals surface area contributed by atoms with Gasteiger partial charge >= 0.3 is 5.69 Å². The van der Waals surface area contributed by atoms with Crippen LogP contribution in [-0.4, -0.2) is 30.3 Å². The fraction of sp³-hybridized carbons (Fsp3) is 0.750. The van der Waals surface area contributed by atoms with Crippen molar-refractivity contribution >= 4 is 11.2 Å². The van der Waals surface area contributed by atoms with E-state index in [0.717, 1.165) is 44.3 Å². The van der Waals surface area contributed by atoms with Gasteiger partial charge in [0.1, 0.15) is 11.3 Å². The minimum atomic E-state index is -0.405. The second-order valence-corrected chi connectivity index (χ2v) is 8.94. The number of nitrogens with zero attached hydrogens (tertiary/aromatic N) is 3. The van der Waals surface area contributed by atoms with Gasteiger partial charge in [0.15, 0.2) is 5.65 Å². The van der Waals surface area contributed by atoms with Gasteiger partial charge < -0.3 is 10.1 Å². The molecule has 2 aromatic rings. The van der Waals surface area contributed by atoms with Gasteiger partial charge in [-0.25, -0.2) is 9.78 Å². The second kappa shape index (κ2) is 5.80. The molecule has 0 radical (unpaired) electrons. The van der Waals surface area contributed by atoms with Gasteiger partial charge in [0.25, 0.3) is 5.56 Å². The lowest BCUT2D eigenvalue weighted by Gasteiger charge is -2.42. The third kappa shape index (κ3) is 2.15. The van der Waals surface area contributed by atoms with E-state index in [0.29, 0.717) is 42.0 Å². The van der Waals surface area contributed by atoms with E-state index >= 15 is 0 Å². The Hall–Kier alpha value is -1.89. The maximum atomic E-state index is 13.0. The standard InChI is InChI=1S/C20H28N4O3/c1-3-5-23-16-14(17(26)24(6-4-2)19(23)27)21-18(22-16)20-9-12-7-11(15(20)25)8-13(12)10-20/h11-13,15,25H,3-10H2,1-2H3,(H,21,22). The molecule has 27 heavy (non-hydrogen) atoms. The van der Waals surface area contributed by atoms with Gasteiger partial charge in [0.05, 0.1) is 11.5 Å². The monoisotopic (exact) mass is 372 g/mol. The third-order valence-corrected chi connectivity index (χ3v) is 7.37. The molecule has 3 atom stereocenters. The summed E-state index contributed by atoms with van der Waals surface area (Å²) in [5.74, 6) is 2.41. The zero-order chi connectivity index (χ0) is 18.9. The molecule has 3 unspecified atom stereocenters. The van der Waals surface area contributed by atoms with E-state index in [1.807, 2.05) is 13.8 Å². The molecule has 7 nitrogen and oxygen atoms in total. The lowest BCUT2D eigenvalue weighted by Crippen LogP contribution is -2.47. The Morgan fingerprint density at radius 3 is 2.33 bits per heavy atom. The van der Waals surface area contributed by atoms with Crippen LogP contribution in [0.2, 0.25) is 0 Å². The van der Waals surface area contributed by atoms with E-state index in [9.17, 15) is 14.7 Å². The molecule has 2 N–H and O–H groups in total. The van der Waals surface area contributed by atoms with Crippen LogP contribution in [0.3, 0.4) is 0 Å². The lowest BCUT2D eigenvalue weighted by atomic mass is 9.66. The van der Waals surface area contributed by atoms with Crippen molar-refractivity contribution in [3.05, 3.63) is 26.7 Å². The Kier molecular flexibility index (Phi) is 3.70. The normalized spacial score (nSPS) is 34.2. The quantitative estimate of drug-likeness (QED) is 0.836. The summed E-state index contributed by atoms with van der Waals surface area (Å²) in [4.78, 5) is 33.9. The van der Waals surface area contributed by atoms with Crippen LogP contribution >= 0.6 is 0 Å². The van der Waals surface area contributed by atoms with Crippen molar-refractivity contribution < 1.29 is 5.11 Å². The number of nitrogens with one attached hydrogen (secondary N) is 1. The average Bonchev–Trinajstić information content (AvgIpc) is 3.30. The van der Waals surface area contributed by atoms with E-state index in [4.69, 9.17) is 4.98 Å². The molecule has 7 heteroatoms. The molecule has 4 aliphatic rings. The summed E-state index contributed by atoms with van der Waals surface area (Å²) >= 11 is 0. The average molecular weight is 372 g/mol. The number of fused-ring (bicyclic) bond motifs is 1. The number of imidazole rings is 1. The first kappa shape index (κ1) is 17.2. The third-order valence-electron chi connectivity index (χ3n) is 7.37. The molecule has 0 aliphatic heterocycles. The number of aliphatic hydroxyl groups excluding tert-OH is 1. The smallest absolute Gasteiger partial charge is 0.332 e. The molecule has 146 valence electrons. The summed E-state index contributed by atoms with van der Waals surface area (Å²) in [6.45, 7) is 4.92. The van der Waals surface area contributed by atoms with E-state index in [1.54, 1.807) is 4.57 Å². The van der Waals surface area contributed by atoms with Crippen LogP contribution in [0.25, 0.3) is 11.2 Å². The zero-order valence-electron chi connectivity index (χ0n) is 16.1. The van der Waals surface area contributed by atoms with Crippen molar-refractivity contribution in [1.29, 1.82) is 0 Å². The van der Waals surface area contributed by atoms with Crippen molar-refractivity contribution in [1.82, 2.24) is 19.1 Å². The fourth-order valence-corrected chi connectivity index (χ4v) is 6.31. The molecule has 2 aromatic heterocycles. The summed E-state index contributed by atoms with van der Waals surface area (Å²) < 4.78 is 2.95. The van der Waals surface area contributed by atoms with Crippen molar-refractivity contribution in [3.63, 3.8) is 0 Å². The predicted octanol–water partition coefficient (Wildman–Crippen LogP) is 1.75. The fourth-order valence-electron chi connectivity index (χ4n) is 6.31. The number of H-pyrrole nitrogens is 1. The molecule has 0 saturated heterocycles. The summed E-state index contributed by atoms with van der Waals surface area (Å²) in [6.07, 6.45) is 5.24. The Bertz CT molecular complexity index is 1000. The highest BCUT2D eigenvalue weighted by Gasteiger charge is 2.63. The number of aryl methyl sites for hydroxylation is 1. The predicted molar refractivity (Wildman–Crippen MR) is 102 cm³/mol. The maximum Gasteiger partial charge on any atom is 0.332 e. The highest BCUT2D eigenvalue weighted by Crippen LogP contribution is 2.64. The molecule has 4 fully saturated rings. The number of aromatic nitrogens is 4. The van der Waals surface area contributed by atoms with Gasteiger partial charge in [-0.1, -0.05) is 13.8 Å². The minimum Gasteiger partial charge on any atom is -0.392 e. The lowest BCUT2D eigenvalue weighted by molar-refractivity contribution is -0.00851. The molecular weight excluding hydrogens is 344 g/mol. The number of hydrogen-bond donors (Lipinski definition) is 2. The first-order chi connectivity index (χ1) is 13.0. The Balaban J connectivity index is 1.72. The number of aliphatic hydroxyl groups is 1. The van der Waals surface area contributed by atoms with E-state index in [2.05, 4.69) is 4.98 Å². The summed E-state index contributed by atoms with van der Waals surface area (Å²) in [5, 5.41) is 11.1. The van der Waals surface area contributed by atoms with Crippen molar-refractivity contribution in [2.45, 2.75) is 77.0 Å². The van der Waals surface area contributed by atoms with Gasteiger partial charge in [-0.3, -0.25) is 13.9 Å². The van der Waals surface area contributed by atoms with Crippen molar-refractivity contribution in [2.75, 3.05) is 0 Å². The number of hydrogen-bond acceptors (Lipinski definition) is 4. The van der Waals surface area contributed by atoms with Crippen LogP contribution in [0, 0.1) is 17.8 Å². The number of aromatic amines is 1. The van der Waals surface area contributed by atoms with Gasteiger partial charge in [-0.2, -0.15) is 0 Å². The first-order valence-electron chi connectivity index (χ1n) is 10.4. The Morgan fingerprint density at radius 2 is 1.70 bits per heavy atom. The molecule has 4 bridgehead atoms. The van der Waals surface area contributed by atoms with Gasteiger partial charge in [0.2, 0.25) is 0 Å². The topological polar surface area (TPSA) is 92.9 Å². The van der Waals surface area contributed by atoms with Gasteiger partial charge in [0, 0.05) is 13.1 Å². The maximum absolute atomic E-state index is 13.0.